The van der Waals surface area contributed by atoms with E-state index in [0.29, 0.717) is 60.7 Å². The molecule has 222 valence electrons. The molecule has 2 aromatic heterocycles. The Bertz CT molecular complexity index is 1720. The van der Waals surface area contributed by atoms with Crippen molar-refractivity contribution in [3.63, 3.8) is 0 Å². The van der Waals surface area contributed by atoms with Crippen LogP contribution in [0.15, 0.2) is 54.6 Å². The molecule has 4 aromatic rings. The van der Waals surface area contributed by atoms with Gasteiger partial charge < -0.3 is 19.9 Å². The Hall–Kier alpha value is -3.96. The van der Waals surface area contributed by atoms with Crippen LogP contribution < -0.4 is 10.2 Å². The van der Waals surface area contributed by atoms with Gasteiger partial charge in [0.2, 0.25) is 0 Å². The molecule has 8 rings (SSSR count). The third-order valence-corrected chi connectivity index (χ3v) is 9.59. The summed E-state index contributed by atoms with van der Waals surface area (Å²) in [6.45, 7) is 6.02. The van der Waals surface area contributed by atoms with Crippen molar-refractivity contribution in [2.45, 2.75) is 38.3 Å². The lowest BCUT2D eigenvalue weighted by Gasteiger charge is -2.28. The van der Waals surface area contributed by atoms with Gasteiger partial charge in [0.25, 0.3) is 12.3 Å². The molecule has 1 saturated carbocycles. The number of halogens is 2. The van der Waals surface area contributed by atoms with Crippen LogP contribution >= 0.6 is 0 Å². The van der Waals surface area contributed by atoms with E-state index in [4.69, 9.17) is 14.7 Å². The van der Waals surface area contributed by atoms with Gasteiger partial charge in [0, 0.05) is 43.9 Å². The first-order valence-corrected chi connectivity index (χ1v) is 15.0. The van der Waals surface area contributed by atoms with Crippen LogP contribution in [0.4, 0.5) is 14.6 Å². The Labute approximate surface area is 247 Å². The first-order chi connectivity index (χ1) is 20.9. The van der Waals surface area contributed by atoms with Crippen LogP contribution in [-0.2, 0) is 4.74 Å². The maximum absolute atomic E-state index is 14.2. The number of nitrogens with one attached hydrogen (secondary N) is 1. The van der Waals surface area contributed by atoms with Gasteiger partial charge in [-0.2, -0.15) is 0 Å². The number of anilines is 1. The van der Waals surface area contributed by atoms with Gasteiger partial charge in [-0.05, 0) is 55.4 Å². The molecule has 3 saturated heterocycles. The Balaban J connectivity index is 1.08. The van der Waals surface area contributed by atoms with Gasteiger partial charge in [0.05, 0.1) is 30.3 Å². The molecule has 11 heteroatoms. The average molecular weight is 586 g/mol. The van der Waals surface area contributed by atoms with E-state index in [1.54, 1.807) is 24.3 Å². The summed E-state index contributed by atoms with van der Waals surface area (Å²) in [4.78, 5) is 31.4. The Kier molecular flexibility index (Phi) is 6.23. The fourth-order valence-corrected chi connectivity index (χ4v) is 7.20. The third kappa shape index (κ3) is 4.65. The lowest BCUT2D eigenvalue weighted by Crippen LogP contribution is -2.37. The van der Waals surface area contributed by atoms with E-state index in [1.807, 2.05) is 42.2 Å². The number of aryl methyl sites for hydroxylation is 1. The molecule has 3 aliphatic heterocycles. The summed E-state index contributed by atoms with van der Waals surface area (Å²) in [5, 5.41) is 3.61. The summed E-state index contributed by atoms with van der Waals surface area (Å²) in [6.07, 6.45) is -0.724. The van der Waals surface area contributed by atoms with Crippen molar-refractivity contribution in [2.75, 3.05) is 44.3 Å². The second-order valence-electron chi connectivity index (χ2n) is 12.3. The summed E-state index contributed by atoms with van der Waals surface area (Å²) >= 11 is 0. The molecule has 4 aliphatic rings. The molecule has 1 aliphatic carbocycles. The number of benzene rings is 2. The lowest BCUT2D eigenvalue weighted by molar-refractivity contribution is 0.0783. The smallest absolute Gasteiger partial charge is 0.296 e. The van der Waals surface area contributed by atoms with Crippen LogP contribution in [-0.4, -0.2) is 75.8 Å². The van der Waals surface area contributed by atoms with Gasteiger partial charge in [0.15, 0.2) is 11.6 Å². The number of carbonyl (C=O) groups is 1. The number of nitrogens with zero attached hydrogens (tertiary/aromatic N) is 6. The number of alkyl halides is 2. The highest BCUT2D eigenvalue weighted by Gasteiger charge is 2.66. The second kappa shape index (κ2) is 10.1. The molecule has 43 heavy (non-hydrogen) atoms. The van der Waals surface area contributed by atoms with E-state index in [2.05, 4.69) is 15.2 Å². The number of likely N-dealkylation sites (tertiary alicyclic amines) is 1. The van der Waals surface area contributed by atoms with Gasteiger partial charge in [-0.25, -0.2) is 23.7 Å². The summed E-state index contributed by atoms with van der Waals surface area (Å²) < 4.78 is 35.5. The quantitative estimate of drug-likeness (QED) is 0.334. The van der Waals surface area contributed by atoms with Crippen molar-refractivity contribution in [1.82, 2.24) is 29.7 Å². The highest BCUT2D eigenvalue weighted by molar-refractivity contribution is 5.94. The number of carbonyl (C=O) groups excluding carboxylic acids is 1. The van der Waals surface area contributed by atoms with E-state index in [9.17, 15) is 13.6 Å². The first-order valence-electron chi connectivity index (χ1n) is 15.0. The number of fused-ring (bicyclic) bond motifs is 1. The normalized spacial score (nSPS) is 26.6. The molecule has 5 heterocycles. The molecular formula is C32H33F2N7O2. The number of hydrogen-bond acceptors (Lipinski definition) is 7. The van der Waals surface area contributed by atoms with Crippen molar-refractivity contribution in [2.24, 2.45) is 11.3 Å². The minimum Gasteiger partial charge on any atom is -0.378 e. The van der Waals surface area contributed by atoms with Crippen LogP contribution in [0.25, 0.3) is 16.9 Å². The summed E-state index contributed by atoms with van der Waals surface area (Å²) in [6, 6.07) is 16.8. The van der Waals surface area contributed by atoms with Gasteiger partial charge in [0.1, 0.15) is 11.6 Å². The average Bonchev–Trinajstić information content (AvgIpc) is 3.86. The maximum atomic E-state index is 14.2. The van der Waals surface area contributed by atoms with E-state index >= 15 is 0 Å². The lowest BCUT2D eigenvalue weighted by atomic mass is 10.00. The van der Waals surface area contributed by atoms with Crippen LogP contribution in [0.2, 0.25) is 0 Å². The van der Waals surface area contributed by atoms with E-state index in [1.165, 1.54) is 4.57 Å². The zero-order valence-electron chi connectivity index (χ0n) is 23.9. The predicted molar refractivity (Wildman–Crippen MR) is 157 cm³/mol. The number of aromatic nitrogens is 4. The van der Waals surface area contributed by atoms with Gasteiger partial charge >= 0.3 is 0 Å². The molecular weight excluding hydrogens is 552 g/mol. The van der Waals surface area contributed by atoms with Crippen LogP contribution in [0.3, 0.4) is 0 Å². The number of rotatable bonds is 6. The predicted octanol–water partition coefficient (Wildman–Crippen LogP) is 4.46. The van der Waals surface area contributed by atoms with Crippen LogP contribution in [0.1, 0.15) is 52.9 Å². The fourth-order valence-electron chi connectivity index (χ4n) is 7.20. The molecule has 0 radical (unpaired) electrons. The molecule has 4 fully saturated rings. The SMILES string of the molecule is Cc1cccc(C(=O)N2CC[C@@]3(CC3C3NC3c3nc(N4CCOCC4)cc(-n4c(C(F)F)nc5ccccc54)n3)C2)c1. The van der Waals surface area contributed by atoms with E-state index < -0.39 is 6.43 Å². The zero-order chi connectivity index (χ0) is 29.3. The highest BCUT2D eigenvalue weighted by Crippen LogP contribution is 2.64. The van der Waals surface area contributed by atoms with Crippen molar-refractivity contribution in [3.05, 3.63) is 77.4 Å². The number of ether oxygens (including phenoxy) is 1. The molecule has 1 spiro atoms. The molecule has 0 bridgehead atoms. The largest absolute Gasteiger partial charge is 0.378 e. The molecule has 1 N–H and O–H groups in total. The molecule has 1 amide bonds. The van der Waals surface area contributed by atoms with Crippen LogP contribution in [0, 0.1) is 18.3 Å². The molecule has 9 nitrogen and oxygen atoms in total. The van der Waals surface area contributed by atoms with Crippen molar-refractivity contribution in [1.29, 1.82) is 0 Å². The third-order valence-electron chi connectivity index (χ3n) is 9.59. The van der Waals surface area contributed by atoms with Gasteiger partial charge in [-0.15, -0.1) is 0 Å². The summed E-state index contributed by atoms with van der Waals surface area (Å²) in [5.41, 5.74) is 3.02. The van der Waals surface area contributed by atoms with Crippen molar-refractivity contribution < 1.29 is 18.3 Å². The molecule has 3 unspecified atom stereocenters. The maximum Gasteiger partial charge on any atom is 0.296 e. The standard InChI is InChI=1S/C32H33F2N7O2/c1-19-5-4-6-20(15-19)31(42)40-10-9-32(18-40)17-21(32)26-27(38-26)29-36-24(39-11-13-43-14-12-39)16-25(37-29)41-23-8-3-2-7-22(23)35-30(41)28(33)34/h2-8,15-16,21,26-28,38H,9-14,17-18H2,1H3/t21?,26?,27?,32-/m1/s1. The van der Waals surface area contributed by atoms with E-state index in [-0.39, 0.29) is 29.2 Å². The summed E-state index contributed by atoms with van der Waals surface area (Å²) in [5.74, 6) is 1.89. The van der Waals surface area contributed by atoms with E-state index in [0.717, 1.165) is 37.1 Å². The monoisotopic (exact) mass is 585 g/mol. The number of para-hydroxylation sites is 2. The minimum absolute atomic E-state index is 0.0737. The van der Waals surface area contributed by atoms with Gasteiger partial charge in [-0.3, -0.25) is 9.36 Å². The fraction of sp³-hybridized carbons (Fsp3) is 0.438. The number of imidazole rings is 1. The minimum atomic E-state index is -2.76. The first kappa shape index (κ1) is 26.7. The molecule has 4 atom stereocenters. The number of amides is 1. The van der Waals surface area contributed by atoms with Crippen molar-refractivity contribution >= 4 is 22.8 Å². The molecule has 2 aromatic carbocycles. The number of hydrogen-bond donors (Lipinski definition) is 1. The Morgan fingerprint density at radius 1 is 1.02 bits per heavy atom. The van der Waals surface area contributed by atoms with Gasteiger partial charge in [-0.1, -0.05) is 29.8 Å². The zero-order valence-corrected chi connectivity index (χ0v) is 23.9. The van der Waals surface area contributed by atoms with Crippen molar-refractivity contribution in [3.8, 4) is 5.82 Å². The highest BCUT2D eigenvalue weighted by atomic mass is 19.3. The Morgan fingerprint density at radius 2 is 1.84 bits per heavy atom. The summed E-state index contributed by atoms with van der Waals surface area (Å²) in [7, 11) is 0. The van der Waals surface area contributed by atoms with Crippen LogP contribution in [0.5, 0.6) is 0 Å². The number of morpholine rings is 1. The topological polar surface area (TPSA) is 98.3 Å². The second-order valence-corrected chi connectivity index (χ2v) is 12.3. The Morgan fingerprint density at radius 3 is 2.65 bits per heavy atom.